The summed E-state index contributed by atoms with van der Waals surface area (Å²) in [5.41, 5.74) is 0. The molecule has 0 radical (unpaired) electrons. The van der Waals surface area contributed by atoms with Crippen molar-refractivity contribution < 1.29 is 4.74 Å². The first-order chi connectivity index (χ1) is 5.33. The van der Waals surface area contributed by atoms with Crippen LogP contribution in [0.4, 0.5) is 0 Å². The van der Waals surface area contributed by atoms with Gasteiger partial charge in [0.05, 0.1) is 18.8 Å². The molecule has 0 aromatic rings. The van der Waals surface area contributed by atoms with Gasteiger partial charge in [0, 0.05) is 6.54 Å². The molecule has 1 aliphatic heterocycles. The molecule has 2 atom stereocenters. The summed E-state index contributed by atoms with van der Waals surface area (Å²) < 4.78 is 5.58. The van der Waals surface area contributed by atoms with Gasteiger partial charge in [0.2, 0.25) is 0 Å². The summed E-state index contributed by atoms with van der Waals surface area (Å²) in [5.74, 6) is 2.54. The molecule has 0 spiro atoms. The summed E-state index contributed by atoms with van der Waals surface area (Å²) in [6.45, 7) is 3.66. The Bertz CT molecular complexity index is 150. The van der Waals surface area contributed by atoms with Gasteiger partial charge in [-0.1, -0.05) is 5.92 Å². The lowest BCUT2D eigenvalue weighted by Gasteiger charge is -2.10. The highest BCUT2D eigenvalue weighted by Gasteiger charge is 2.20. The van der Waals surface area contributed by atoms with E-state index in [0.717, 1.165) is 6.54 Å². The molecular formula is C9H15NO. The van der Waals surface area contributed by atoms with Crippen molar-refractivity contribution >= 4 is 0 Å². The summed E-state index contributed by atoms with van der Waals surface area (Å²) in [7, 11) is 0. The maximum absolute atomic E-state index is 5.58. The van der Waals surface area contributed by atoms with Gasteiger partial charge in [-0.2, -0.15) is 0 Å². The summed E-state index contributed by atoms with van der Waals surface area (Å²) in [4.78, 5) is 0. The lowest BCUT2D eigenvalue weighted by molar-refractivity contribution is 0.0567. The Balaban J connectivity index is 2.05. The Labute approximate surface area is 68.3 Å². The smallest absolute Gasteiger partial charge is 0.0704 e. The van der Waals surface area contributed by atoms with Gasteiger partial charge in [-0.15, -0.1) is 6.42 Å². The molecular weight excluding hydrogens is 138 g/mol. The molecule has 0 aromatic heterocycles. The van der Waals surface area contributed by atoms with Crippen LogP contribution in [0.1, 0.15) is 19.8 Å². The molecule has 1 N–H and O–H groups in total. The van der Waals surface area contributed by atoms with Crippen LogP contribution in [-0.2, 0) is 4.74 Å². The molecule has 0 bridgehead atoms. The van der Waals surface area contributed by atoms with E-state index in [-0.39, 0.29) is 0 Å². The van der Waals surface area contributed by atoms with Gasteiger partial charge in [0.1, 0.15) is 0 Å². The molecule has 11 heavy (non-hydrogen) atoms. The van der Waals surface area contributed by atoms with Gasteiger partial charge in [-0.3, -0.25) is 0 Å². The zero-order valence-corrected chi connectivity index (χ0v) is 6.97. The lowest BCUT2D eigenvalue weighted by atomic mass is 10.2. The van der Waals surface area contributed by atoms with E-state index in [9.17, 15) is 0 Å². The maximum Gasteiger partial charge on any atom is 0.0704 e. The number of nitrogens with one attached hydrogen (secondary N) is 1. The van der Waals surface area contributed by atoms with Crippen LogP contribution in [-0.4, -0.2) is 25.3 Å². The molecule has 0 aromatic carbocycles. The predicted octanol–water partition coefficient (Wildman–Crippen LogP) is 0.777. The summed E-state index contributed by atoms with van der Waals surface area (Å²) in [6.07, 6.45) is 8.26. The average molecular weight is 153 g/mol. The van der Waals surface area contributed by atoms with Crippen molar-refractivity contribution in [2.45, 2.75) is 32.0 Å². The topological polar surface area (TPSA) is 21.3 Å². The Kier molecular flexibility index (Phi) is 3.41. The van der Waals surface area contributed by atoms with Gasteiger partial charge >= 0.3 is 0 Å². The first kappa shape index (κ1) is 8.58. The van der Waals surface area contributed by atoms with E-state index in [1.165, 1.54) is 12.8 Å². The van der Waals surface area contributed by atoms with Crippen LogP contribution in [0, 0.1) is 12.3 Å². The van der Waals surface area contributed by atoms with Crippen molar-refractivity contribution in [3.8, 4) is 12.3 Å². The highest BCUT2D eigenvalue weighted by atomic mass is 16.5. The minimum Gasteiger partial charge on any atom is -0.374 e. The maximum atomic E-state index is 5.58. The quantitative estimate of drug-likeness (QED) is 0.478. The predicted molar refractivity (Wildman–Crippen MR) is 45.3 cm³/mol. The van der Waals surface area contributed by atoms with Crippen molar-refractivity contribution in [2.24, 2.45) is 0 Å². The highest BCUT2D eigenvalue weighted by Crippen LogP contribution is 2.17. The van der Waals surface area contributed by atoms with Crippen molar-refractivity contribution in [1.29, 1.82) is 0 Å². The summed E-state index contributed by atoms with van der Waals surface area (Å²) >= 11 is 0. The van der Waals surface area contributed by atoms with E-state index in [0.29, 0.717) is 18.8 Å². The van der Waals surface area contributed by atoms with Crippen molar-refractivity contribution in [1.82, 2.24) is 5.32 Å². The molecule has 1 aliphatic rings. The normalized spacial score (nSPS) is 30.2. The van der Waals surface area contributed by atoms with Gasteiger partial charge in [-0.25, -0.2) is 0 Å². The molecule has 62 valence electrons. The molecule has 0 amide bonds. The Hall–Kier alpha value is -0.520. The van der Waals surface area contributed by atoms with Crippen LogP contribution in [0.5, 0.6) is 0 Å². The molecule has 2 nitrogen and oxygen atoms in total. The Morgan fingerprint density at radius 3 is 3.00 bits per heavy atom. The second-order valence-corrected chi connectivity index (χ2v) is 2.98. The van der Waals surface area contributed by atoms with Crippen molar-refractivity contribution in [3.63, 3.8) is 0 Å². The largest absolute Gasteiger partial charge is 0.374 e. The third-order valence-corrected chi connectivity index (χ3v) is 1.92. The SMILES string of the molecule is C#CCNCC1CCC(C)O1. The molecule has 2 heteroatoms. The zero-order valence-electron chi connectivity index (χ0n) is 6.97. The standard InChI is InChI=1S/C9H15NO/c1-3-6-10-7-9-5-4-8(2)11-9/h1,8-10H,4-7H2,2H3. The van der Waals surface area contributed by atoms with Crippen LogP contribution in [0.15, 0.2) is 0 Å². The first-order valence-electron chi connectivity index (χ1n) is 4.12. The van der Waals surface area contributed by atoms with E-state index in [2.05, 4.69) is 18.2 Å². The Morgan fingerprint density at radius 1 is 1.64 bits per heavy atom. The van der Waals surface area contributed by atoms with Gasteiger partial charge < -0.3 is 10.1 Å². The minimum atomic E-state index is 0.387. The van der Waals surface area contributed by atoms with E-state index in [4.69, 9.17) is 11.2 Å². The third kappa shape index (κ3) is 2.92. The van der Waals surface area contributed by atoms with Crippen LogP contribution in [0.2, 0.25) is 0 Å². The van der Waals surface area contributed by atoms with Gasteiger partial charge in [-0.05, 0) is 19.8 Å². The van der Waals surface area contributed by atoms with E-state index >= 15 is 0 Å². The molecule has 1 saturated heterocycles. The number of terminal acetylenes is 1. The van der Waals surface area contributed by atoms with Crippen LogP contribution >= 0.6 is 0 Å². The summed E-state index contributed by atoms with van der Waals surface area (Å²) in [6, 6.07) is 0. The highest BCUT2D eigenvalue weighted by molar-refractivity contribution is 4.87. The van der Waals surface area contributed by atoms with Crippen molar-refractivity contribution in [2.75, 3.05) is 13.1 Å². The minimum absolute atomic E-state index is 0.387. The molecule has 0 saturated carbocycles. The fourth-order valence-corrected chi connectivity index (χ4v) is 1.34. The number of rotatable bonds is 3. The van der Waals surface area contributed by atoms with E-state index in [1.807, 2.05) is 0 Å². The lowest BCUT2D eigenvalue weighted by Crippen LogP contribution is -2.26. The molecule has 2 unspecified atom stereocenters. The van der Waals surface area contributed by atoms with Crippen LogP contribution in [0.3, 0.4) is 0 Å². The number of ether oxygens (including phenoxy) is 1. The van der Waals surface area contributed by atoms with E-state index in [1.54, 1.807) is 0 Å². The fourth-order valence-electron chi connectivity index (χ4n) is 1.34. The Morgan fingerprint density at radius 2 is 2.45 bits per heavy atom. The van der Waals surface area contributed by atoms with Crippen LogP contribution in [0.25, 0.3) is 0 Å². The average Bonchev–Trinajstić information content (AvgIpc) is 2.37. The fraction of sp³-hybridized carbons (Fsp3) is 0.778. The third-order valence-electron chi connectivity index (χ3n) is 1.92. The zero-order chi connectivity index (χ0) is 8.10. The first-order valence-corrected chi connectivity index (χ1v) is 4.12. The number of hydrogen-bond donors (Lipinski definition) is 1. The van der Waals surface area contributed by atoms with Crippen LogP contribution < -0.4 is 5.32 Å². The second-order valence-electron chi connectivity index (χ2n) is 2.98. The van der Waals surface area contributed by atoms with Gasteiger partial charge in [0.25, 0.3) is 0 Å². The monoisotopic (exact) mass is 153 g/mol. The summed E-state index contributed by atoms with van der Waals surface area (Å²) in [5, 5.41) is 3.14. The molecule has 0 aliphatic carbocycles. The molecule has 1 heterocycles. The number of hydrogen-bond acceptors (Lipinski definition) is 2. The van der Waals surface area contributed by atoms with Crippen molar-refractivity contribution in [3.05, 3.63) is 0 Å². The molecule has 1 rings (SSSR count). The van der Waals surface area contributed by atoms with Gasteiger partial charge in [0.15, 0.2) is 0 Å². The second kappa shape index (κ2) is 4.38. The molecule has 1 fully saturated rings. The van der Waals surface area contributed by atoms with E-state index < -0.39 is 0 Å².